The molecule has 20 heavy (non-hydrogen) atoms. The summed E-state index contributed by atoms with van der Waals surface area (Å²) in [5.74, 6) is 0. The highest BCUT2D eigenvalue weighted by Crippen LogP contribution is 2.25. The Morgan fingerprint density at radius 3 is 2.80 bits per heavy atom. The predicted octanol–water partition coefficient (Wildman–Crippen LogP) is 3.58. The molecule has 2 aromatic carbocycles. The summed E-state index contributed by atoms with van der Waals surface area (Å²) >= 11 is 0. The van der Waals surface area contributed by atoms with Crippen LogP contribution in [0.25, 0.3) is 10.8 Å². The Morgan fingerprint density at radius 2 is 1.90 bits per heavy atom. The zero-order valence-electron chi connectivity index (χ0n) is 12.0. The minimum absolute atomic E-state index is 0.302. The standard InChI is InChI=1S/C18H23NO/c20-13-11-17-9-3-4-12-19(17)14-16-8-5-7-15-6-1-2-10-18(15)16/h1-2,5-8,10,17,20H,3-4,9,11-14H2. The SMILES string of the molecule is OCCC1CCCCN1Cc1cccc2ccccc12. The molecule has 0 aromatic heterocycles. The fourth-order valence-corrected chi connectivity index (χ4v) is 3.39. The van der Waals surface area contributed by atoms with Gasteiger partial charge in [-0.3, -0.25) is 4.90 Å². The molecule has 1 fully saturated rings. The van der Waals surface area contributed by atoms with Gasteiger partial charge in [-0.2, -0.15) is 0 Å². The molecule has 2 heteroatoms. The van der Waals surface area contributed by atoms with Crippen molar-refractivity contribution in [2.24, 2.45) is 0 Å². The largest absolute Gasteiger partial charge is 0.396 e. The van der Waals surface area contributed by atoms with E-state index in [9.17, 15) is 5.11 Å². The van der Waals surface area contributed by atoms with Crippen LogP contribution in [0, 0.1) is 0 Å². The van der Waals surface area contributed by atoms with Crippen LogP contribution in [-0.4, -0.2) is 29.2 Å². The third-order valence-electron chi connectivity index (χ3n) is 4.46. The summed E-state index contributed by atoms with van der Waals surface area (Å²) in [5.41, 5.74) is 1.41. The molecule has 1 unspecified atom stereocenters. The van der Waals surface area contributed by atoms with E-state index in [4.69, 9.17) is 0 Å². The minimum atomic E-state index is 0.302. The summed E-state index contributed by atoms with van der Waals surface area (Å²) in [4.78, 5) is 2.56. The molecule has 1 N–H and O–H groups in total. The first kappa shape index (κ1) is 13.6. The molecule has 0 radical (unpaired) electrons. The lowest BCUT2D eigenvalue weighted by atomic mass is 9.97. The first-order valence-electron chi connectivity index (χ1n) is 7.70. The van der Waals surface area contributed by atoms with Crippen molar-refractivity contribution in [3.63, 3.8) is 0 Å². The van der Waals surface area contributed by atoms with Crippen molar-refractivity contribution in [3.8, 4) is 0 Å². The molecule has 0 spiro atoms. The summed E-state index contributed by atoms with van der Waals surface area (Å²) in [7, 11) is 0. The predicted molar refractivity (Wildman–Crippen MR) is 83.7 cm³/mol. The third-order valence-corrected chi connectivity index (χ3v) is 4.46. The van der Waals surface area contributed by atoms with Crippen molar-refractivity contribution in [2.45, 2.75) is 38.3 Å². The molecule has 1 atom stereocenters. The second-order valence-corrected chi connectivity index (χ2v) is 5.77. The molecule has 1 aliphatic rings. The van der Waals surface area contributed by atoms with Crippen molar-refractivity contribution >= 4 is 10.8 Å². The van der Waals surface area contributed by atoms with E-state index in [-0.39, 0.29) is 0 Å². The molecule has 106 valence electrons. The molecule has 2 aromatic rings. The van der Waals surface area contributed by atoms with Gasteiger partial charge in [0, 0.05) is 19.2 Å². The molecular formula is C18H23NO. The highest BCUT2D eigenvalue weighted by molar-refractivity contribution is 5.85. The van der Waals surface area contributed by atoms with Crippen molar-refractivity contribution in [2.75, 3.05) is 13.2 Å². The quantitative estimate of drug-likeness (QED) is 0.917. The maximum atomic E-state index is 9.25. The summed E-state index contributed by atoms with van der Waals surface area (Å²) in [6.07, 6.45) is 4.72. The van der Waals surface area contributed by atoms with Gasteiger partial charge in [-0.05, 0) is 42.1 Å². The van der Waals surface area contributed by atoms with Crippen LogP contribution >= 0.6 is 0 Å². The number of likely N-dealkylation sites (tertiary alicyclic amines) is 1. The van der Waals surface area contributed by atoms with Crippen LogP contribution in [0.15, 0.2) is 42.5 Å². The first-order valence-corrected chi connectivity index (χ1v) is 7.70. The Kier molecular flexibility index (Phi) is 4.34. The molecule has 2 nitrogen and oxygen atoms in total. The van der Waals surface area contributed by atoms with E-state index >= 15 is 0 Å². The number of rotatable bonds is 4. The number of nitrogens with zero attached hydrogens (tertiary/aromatic N) is 1. The maximum absolute atomic E-state index is 9.25. The molecule has 1 saturated heterocycles. The van der Waals surface area contributed by atoms with E-state index in [1.807, 2.05) is 0 Å². The molecule has 1 aliphatic heterocycles. The van der Waals surface area contributed by atoms with Gasteiger partial charge in [-0.1, -0.05) is 48.9 Å². The number of fused-ring (bicyclic) bond motifs is 1. The molecule has 0 amide bonds. The molecule has 0 bridgehead atoms. The van der Waals surface area contributed by atoms with Crippen LogP contribution in [0.3, 0.4) is 0 Å². The smallest absolute Gasteiger partial charge is 0.0445 e. The topological polar surface area (TPSA) is 23.5 Å². The molecule has 0 aliphatic carbocycles. The van der Waals surface area contributed by atoms with Crippen LogP contribution in [0.5, 0.6) is 0 Å². The van der Waals surface area contributed by atoms with Crippen molar-refractivity contribution < 1.29 is 5.11 Å². The number of hydrogen-bond donors (Lipinski definition) is 1. The fraction of sp³-hybridized carbons (Fsp3) is 0.444. The highest BCUT2D eigenvalue weighted by Gasteiger charge is 2.22. The van der Waals surface area contributed by atoms with Gasteiger partial charge in [0.15, 0.2) is 0 Å². The first-order chi connectivity index (χ1) is 9.88. The van der Waals surface area contributed by atoms with Crippen LogP contribution in [0.2, 0.25) is 0 Å². The minimum Gasteiger partial charge on any atom is -0.396 e. The molecular weight excluding hydrogens is 246 g/mol. The van der Waals surface area contributed by atoms with Crippen molar-refractivity contribution in [1.29, 1.82) is 0 Å². The van der Waals surface area contributed by atoms with Gasteiger partial charge in [-0.15, -0.1) is 0 Å². The second kappa shape index (κ2) is 6.38. The van der Waals surface area contributed by atoms with Crippen LogP contribution < -0.4 is 0 Å². The van der Waals surface area contributed by atoms with E-state index in [1.165, 1.54) is 35.6 Å². The zero-order chi connectivity index (χ0) is 13.8. The zero-order valence-corrected chi connectivity index (χ0v) is 12.0. The van der Waals surface area contributed by atoms with Crippen molar-refractivity contribution in [1.82, 2.24) is 4.90 Å². The summed E-state index contributed by atoms with van der Waals surface area (Å²) < 4.78 is 0. The Balaban J connectivity index is 1.84. The fourth-order valence-electron chi connectivity index (χ4n) is 3.39. The number of benzene rings is 2. The second-order valence-electron chi connectivity index (χ2n) is 5.77. The van der Waals surface area contributed by atoms with Crippen molar-refractivity contribution in [3.05, 3.63) is 48.0 Å². The normalized spacial score (nSPS) is 20.4. The van der Waals surface area contributed by atoms with E-state index in [1.54, 1.807) is 0 Å². The summed E-state index contributed by atoms with van der Waals surface area (Å²) in [5, 5.41) is 11.9. The lowest BCUT2D eigenvalue weighted by molar-refractivity contribution is 0.113. The van der Waals surface area contributed by atoms with Crippen LogP contribution in [-0.2, 0) is 6.54 Å². The Labute approximate surface area is 121 Å². The lowest BCUT2D eigenvalue weighted by Gasteiger charge is -2.35. The van der Waals surface area contributed by atoms with Gasteiger partial charge in [0.25, 0.3) is 0 Å². The van der Waals surface area contributed by atoms with E-state index in [0.717, 1.165) is 19.5 Å². The van der Waals surface area contributed by atoms with Gasteiger partial charge >= 0.3 is 0 Å². The Hall–Kier alpha value is -1.38. The van der Waals surface area contributed by atoms with Crippen LogP contribution in [0.4, 0.5) is 0 Å². The number of aliphatic hydroxyl groups is 1. The highest BCUT2D eigenvalue weighted by atomic mass is 16.3. The van der Waals surface area contributed by atoms with Gasteiger partial charge in [0.2, 0.25) is 0 Å². The molecule has 3 rings (SSSR count). The Bertz CT molecular complexity index is 559. The third kappa shape index (κ3) is 2.87. The van der Waals surface area contributed by atoms with Gasteiger partial charge in [-0.25, -0.2) is 0 Å². The average molecular weight is 269 g/mol. The van der Waals surface area contributed by atoms with Gasteiger partial charge in [0.05, 0.1) is 0 Å². The summed E-state index contributed by atoms with van der Waals surface area (Å²) in [6, 6.07) is 15.7. The lowest BCUT2D eigenvalue weighted by Crippen LogP contribution is -2.39. The number of hydrogen-bond acceptors (Lipinski definition) is 2. The monoisotopic (exact) mass is 269 g/mol. The van der Waals surface area contributed by atoms with Crippen LogP contribution in [0.1, 0.15) is 31.2 Å². The number of piperidine rings is 1. The van der Waals surface area contributed by atoms with Gasteiger partial charge < -0.3 is 5.11 Å². The summed E-state index contributed by atoms with van der Waals surface area (Å²) in [6.45, 7) is 2.47. The maximum Gasteiger partial charge on any atom is 0.0445 e. The van der Waals surface area contributed by atoms with E-state index in [2.05, 4.69) is 47.4 Å². The average Bonchev–Trinajstić information content (AvgIpc) is 2.50. The molecule has 1 heterocycles. The van der Waals surface area contributed by atoms with Gasteiger partial charge in [0.1, 0.15) is 0 Å². The number of aliphatic hydroxyl groups excluding tert-OH is 1. The van der Waals surface area contributed by atoms with E-state index < -0.39 is 0 Å². The van der Waals surface area contributed by atoms with E-state index in [0.29, 0.717) is 12.6 Å². The molecule has 0 saturated carbocycles. The Morgan fingerprint density at radius 1 is 1.05 bits per heavy atom.